The van der Waals surface area contributed by atoms with E-state index in [2.05, 4.69) is 207 Å². The molecule has 450 valence electrons. The Kier molecular flexibility index (Phi) is 21.6. The fraction of sp³-hybridized carbons (Fsp3) is 0.371. The van der Waals surface area contributed by atoms with Crippen molar-refractivity contribution in [2.24, 2.45) is 0 Å². The molecule has 0 N–H and O–H groups in total. The van der Waals surface area contributed by atoms with Crippen LogP contribution in [-0.2, 0) is 0 Å². The molecule has 8 heterocycles. The molecular formula is C70H82Br2N10S4. The molecule has 0 amide bonds. The van der Waals surface area contributed by atoms with Gasteiger partial charge in [-0.05, 0) is 150 Å². The SMILES string of the molecule is CC(C[N+](C)(CCCCCCCCCCCC[N+](C)(CC(C)N1c2ccccc2Sc2cccnc21)CC(C)N1c2ccccc2Sc2cccnc21)CC(C)N1c2ccccc2Sc2cccnc21)N1c2ccccc2Sc2cccnc21.[Br-].[Br-]. The van der Waals surface area contributed by atoms with Gasteiger partial charge in [-0.25, -0.2) is 19.9 Å². The third kappa shape index (κ3) is 14.2. The van der Waals surface area contributed by atoms with Gasteiger partial charge in [-0.15, -0.1) is 0 Å². The molecule has 4 aliphatic rings. The summed E-state index contributed by atoms with van der Waals surface area (Å²) in [7, 11) is 5.05. The van der Waals surface area contributed by atoms with Gasteiger partial charge >= 0.3 is 0 Å². The summed E-state index contributed by atoms with van der Waals surface area (Å²) in [6.45, 7) is 16.0. The van der Waals surface area contributed by atoms with Crippen LogP contribution in [0.15, 0.2) is 210 Å². The molecule has 4 aliphatic heterocycles. The lowest BCUT2D eigenvalue weighted by Crippen LogP contribution is -3.00. The molecule has 10 nitrogen and oxygen atoms in total. The number of likely N-dealkylation sites (N-methyl/N-ethyl adjacent to an activating group) is 2. The van der Waals surface area contributed by atoms with Gasteiger partial charge in [0.15, 0.2) is 0 Å². The minimum absolute atomic E-state index is 0. The molecular weight excluding hydrogens is 1270 g/mol. The highest BCUT2D eigenvalue weighted by atomic mass is 79.9. The molecule has 4 aromatic carbocycles. The number of nitrogens with zero attached hydrogens (tertiary/aromatic N) is 10. The standard InChI is InChI=1S/C70H82N10S4.2BrH/c1-51(75-55-29-15-19-33-59(55)81-63-37-25-41-71-67(63)75)47-79(5,48-52(2)76-56-30-16-20-34-60(56)82-64-38-26-42-72-68(64)76)45-23-13-11-9-7-8-10-12-14-24-46-80(6,49-53(3)77-57-31-17-21-35-61(57)83-65-39-27-43-73-69(65)77)50-54(4)78-58-32-18-22-36-62(58)84-66-40-28-44-74-70(66)78;;/h15-22,25-44,51-54H,7-14,23-24,45-50H2,1-6H3;2*1H/q+2;;/p-2. The Labute approximate surface area is 550 Å². The number of hydrogen-bond donors (Lipinski definition) is 0. The zero-order valence-electron chi connectivity index (χ0n) is 50.6. The summed E-state index contributed by atoms with van der Waals surface area (Å²) in [6.07, 6.45) is 20.6. The summed E-state index contributed by atoms with van der Waals surface area (Å²) >= 11 is 7.36. The maximum absolute atomic E-state index is 5.02. The minimum atomic E-state index is 0. The predicted octanol–water partition coefficient (Wildman–Crippen LogP) is 12.1. The summed E-state index contributed by atoms with van der Waals surface area (Å²) in [6, 6.07) is 53.7. The van der Waals surface area contributed by atoms with E-state index in [1.54, 1.807) is 0 Å². The van der Waals surface area contributed by atoms with Gasteiger partial charge < -0.3 is 62.5 Å². The number of aromatic nitrogens is 4. The van der Waals surface area contributed by atoms with E-state index in [0.717, 1.165) is 71.5 Å². The first-order valence-electron chi connectivity index (χ1n) is 30.7. The van der Waals surface area contributed by atoms with E-state index in [0.29, 0.717) is 0 Å². The van der Waals surface area contributed by atoms with E-state index in [4.69, 9.17) is 19.9 Å². The number of fused-ring (bicyclic) bond motifs is 8. The summed E-state index contributed by atoms with van der Waals surface area (Å²) in [4.78, 5) is 40.3. The van der Waals surface area contributed by atoms with Crippen LogP contribution in [0.1, 0.15) is 91.9 Å². The average Bonchev–Trinajstić information content (AvgIpc) is 2.56. The Hall–Kier alpha value is -5.04. The van der Waals surface area contributed by atoms with E-state index >= 15 is 0 Å². The topological polar surface area (TPSA) is 64.5 Å². The zero-order chi connectivity index (χ0) is 57.6. The van der Waals surface area contributed by atoms with Gasteiger partial charge in [0.1, 0.15) is 23.3 Å². The second kappa shape index (κ2) is 29.1. The van der Waals surface area contributed by atoms with Crippen molar-refractivity contribution in [1.82, 2.24) is 19.9 Å². The van der Waals surface area contributed by atoms with Gasteiger partial charge in [-0.1, -0.05) is 134 Å². The van der Waals surface area contributed by atoms with Crippen molar-refractivity contribution < 1.29 is 42.9 Å². The summed E-state index contributed by atoms with van der Waals surface area (Å²) in [5, 5.41) is 0. The maximum Gasteiger partial charge on any atom is 0.147 e. The van der Waals surface area contributed by atoms with Crippen molar-refractivity contribution in [3.63, 3.8) is 0 Å². The van der Waals surface area contributed by atoms with Gasteiger partial charge in [0, 0.05) is 44.4 Å². The highest BCUT2D eigenvalue weighted by molar-refractivity contribution is 8.00. The van der Waals surface area contributed by atoms with Crippen LogP contribution < -0.4 is 53.6 Å². The van der Waals surface area contributed by atoms with Crippen molar-refractivity contribution in [3.8, 4) is 0 Å². The number of pyridine rings is 4. The van der Waals surface area contributed by atoms with Crippen LogP contribution in [-0.4, -0.2) is 106 Å². The normalized spacial score (nSPS) is 16.3. The van der Waals surface area contributed by atoms with Gasteiger partial charge in [-0.2, -0.15) is 0 Å². The molecule has 8 aromatic rings. The van der Waals surface area contributed by atoms with Crippen LogP contribution in [0.5, 0.6) is 0 Å². The van der Waals surface area contributed by atoms with Crippen molar-refractivity contribution >= 4 is 93.1 Å². The summed E-state index contributed by atoms with van der Waals surface area (Å²) in [5.74, 6) is 4.31. The highest BCUT2D eigenvalue weighted by Crippen LogP contribution is 2.52. The first-order valence-corrected chi connectivity index (χ1v) is 34.0. The van der Waals surface area contributed by atoms with Crippen molar-refractivity contribution in [2.45, 2.75) is 155 Å². The Bertz CT molecular complexity index is 2930. The van der Waals surface area contributed by atoms with Gasteiger partial charge in [-0.3, -0.25) is 0 Å². The molecule has 0 radical (unpaired) electrons. The number of para-hydroxylation sites is 4. The van der Waals surface area contributed by atoms with Crippen LogP contribution in [0.25, 0.3) is 0 Å². The smallest absolute Gasteiger partial charge is 0.147 e. The summed E-state index contributed by atoms with van der Waals surface area (Å²) < 4.78 is 1.93. The number of anilines is 8. The largest absolute Gasteiger partial charge is 1.00 e. The molecule has 0 saturated heterocycles. The van der Waals surface area contributed by atoms with Crippen LogP contribution in [0.3, 0.4) is 0 Å². The molecule has 0 fully saturated rings. The van der Waals surface area contributed by atoms with Crippen molar-refractivity contribution in [2.75, 3.05) is 73.0 Å². The predicted molar refractivity (Wildman–Crippen MR) is 353 cm³/mol. The molecule has 12 rings (SSSR count). The molecule has 4 unspecified atom stereocenters. The van der Waals surface area contributed by atoms with Crippen LogP contribution in [0, 0.1) is 0 Å². The van der Waals surface area contributed by atoms with E-state index in [9.17, 15) is 0 Å². The fourth-order valence-electron chi connectivity index (χ4n) is 14.0. The Balaban J connectivity index is 0.00000410. The third-order valence-electron chi connectivity index (χ3n) is 17.5. The molecule has 4 aromatic heterocycles. The van der Waals surface area contributed by atoms with Gasteiger partial charge in [0.2, 0.25) is 0 Å². The first-order chi connectivity index (χ1) is 41.0. The summed E-state index contributed by atoms with van der Waals surface area (Å²) in [5.41, 5.74) is 5.06. The monoisotopic (exact) mass is 1350 g/mol. The second-order valence-corrected chi connectivity index (χ2v) is 28.7. The number of hydrogen-bond acceptors (Lipinski definition) is 12. The minimum Gasteiger partial charge on any atom is -1.00 e. The van der Waals surface area contributed by atoms with E-state index in [1.165, 1.54) is 126 Å². The number of benzene rings is 4. The van der Waals surface area contributed by atoms with Crippen LogP contribution >= 0.6 is 47.0 Å². The highest BCUT2D eigenvalue weighted by Gasteiger charge is 2.40. The van der Waals surface area contributed by atoms with E-state index in [-0.39, 0.29) is 58.1 Å². The molecule has 0 bridgehead atoms. The lowest BCUT2D eigenvalue weighted by atomic mass is 10.0. The van der Waals surface area contributed by atoms with Gasteiger partial charge in [0.05, 0.1) is 120 Å². The molecule has 86 heavy (non-hydrogen) atoms. The molecule has 0 saturated carbocycles. The van der Waals surface area contributed by atoms with E-state index < -0.39 is 0 Å². The van der Waals surface area contributed by atoms with Crippen LogP contribution in [0.2, 0.25) is 0 Å². The zero-order valence-corrected chi connectivity index (χ0v) is 57.1. The Morgan fingerprint density at radius 2 is 0.512 bits per heavy atom. The average molecular weight is 1350 g/mol. The Morgan fingerprint density at radius 3 is 0.756 bits per heavy atom. The third-order valence-corrected chi connectivity index (χ3v) is 21.9. The van der Waals surface area contributed by atoms with E-state index in [1.807, 2.05) is 71.8 Å². The van der Waals surface area contributed by atoms with Gasteiger partial charge in [0.25, 0.3) is 0 Å². The Morgan fingerprint density at radius 1 is 0.302 bits per heavy atom. The lowest BCUT2D eigenvalue weighted by molar-refractivity contribution is -0.910. The number of rotatable bonds is 25. The number of quaternary nitrogens is 2. The van der Waals surface area contributed by atoms with Crippen molar-refractivity contribution in [3.05, 3.63) is 170 Å². The van der Waals surface area contributed by atoms with Crippen molar-refractivity contribution in [1.29, 1.82) is 0 Å². The molecule has 16 heteroatoms. The molecule has 0 aliphatic carbocycles. The lowest BCUT2D eigenvalue weighted by Gasteiger charge is -2.45. The number of halogens is 2. The quantitative estimate of drug-likeness (QED) is 0.0404. The fourth-order valence-corrected chi connectivity index (χ4v) is 18.2. The number of unbranched alkanes of at least 4 members (excludes halogenated alkanes) is 9. The maximum atomic E-state index is 5.02. The van der Waals surface area contributed by atoms with Crippen LogP contribution in [0.4, 0.5) is 46.0 Å². The first kappa shape index (κ1) is 64.0. The molecule has 4 atom stereocenters. The molecule has 0 spiro atoms. The second-order valence-electron chi connectivity index (χ2n) is 24.4.